The summed E-state index contributed by atoms with van der Waals surface area (Å²) in [5.41, 5.74) is 7.04. The van der Waals surface area contributed by atoms with Gasteiger partial charge in [0, 0.05) is 11.5 Å². The molecule has 5 nitrogen and oxygen atoms in total. The molecule has 9 rings (SSSR count). The molecule has 322 valence electrons. The van der Waals surface area contributed by atoms with Crippen molar-refractivity contribution >= 4 is 17.6 Å². The van der Waals surface area contributed by atoms with Gasteiger partial charge in [0.15, 0.2) is 0 Å². The average Bonchev–Trinajstić information content (AvgIpc) is 3.79. The molecule has 4 fully saturated rings. The smallest absolute Gasteiger partial charge is 0.407 e. The topological polar surface area (TPSA) is 64.6 Å². The maximum Gasteiger partial charge on any atom is 0.407 e. The third-order valence-corrected chi connectivity index (χ3v) is 18.0. The van der Waals surface area contributed by atoms with E-state index in [0.717, 1.165) is 44.1 Å². The number of nitrogens with one attached hydrogen (secondary N) is 1. The fraction of sp³-hybridized carbons (Fsp3) is 0.593. The minimum absolute atomic E-state index is 0.0155. The first-order valence-electron chi connectivity index (χ1n) is 23.5. The van der Waals surface area contributed by atoms with E-state index in [9.17, 15) is 9.59 Å². The van der Waals surface area contributed by atoms with Gasteiger partial charge in [-0.2, -0.15) is 0 Å². The van der Waals surface area contributed by atoms with E-state index < -0.39 is 11.8 Å². The lowest BCUT2D eigenvalue weighted by molar-refractivity contribution is -0.176. The number of alkyl carbamates (subject to hydrolysis) is 1. The largest absolute Gasteiger partial charge is 0.465 e. The number of hydrogen-bond acceptors (Lipinski definition) is 4. The molecule has 3 aromatic carbocycles. The molecule has 0 radical (unpaired) electrons. The van der Waals surface area contributed by atoms with Gasteiger partial charge in [0.05, 0.1) is 12.7 Å². The molecule has 5 unspecified atom stereocenters. The van der Waals surface area contributed by atoms with Crippen LogP contribution in [0.1, 0.15) is 153 Å². The first-order chi connectivity index (χ1) is 28.8. The zero-order valence-corrected chi connectivity index (χ0v) is 37.8. The first kappa shape index (κ1) is 42.7. The van der Waals surface area contributed by atoms with E-state index in [1.807, 2.05) is 19.9 Å². The van der Waals surface area contributed by atoms with Crippen LogP contribution in [0.4, 0.5) is 9.18 Å². The zero-order chi connectivity index (χ0) is 42.8. The minimum atomic E-state index is -0.642. The van der Waals surface area contributed by atoms with E-state index in [-0.39, 0.29) is 39.4 Å². The Morgan fingerprint density at radius 1 is 0.833 bits per heavy atom. The highest BCUT2D eigenvalue weighted by molar-refractivity contribution is 5.90. The number of methoxy groups -OCH3 is 1. The van der Waals surface area contributed by atoms with Gasteiger partial charge in [-0.15, -0.1) is 0 Å². The summed E-state index contributed by atoms with van der Waals surface area (Å²) >= 11 is 0. The van der Waals surface area contributed by atoms with Gasteiger partial charge >= 0.3 is 12.1 Å². The summed E-state index contributed by atoms with van der Waals surface area (Å²) in [4.78, 5) is 26.3. The van der Waals surface area contributed by atoms with Gasteiger partial charge in [-0.05, 0) is 161 Å². The second kappa shape index (κ2) is 16.1. The van der Waals surface area contributed by atoms with Crippen molar-refractivity contribution in [2.45, 2.75) is 131 Å². The first-order valence-corrected chi connectivity index (χ1v) is 23.5. The molecule has 1 N–H and O–H groups in total. The molecule has 4 saturated carbocycles. The molecule has 6 aliphatic rings. The molecular formula is C54H70FNO4. The summed E-state index contributed by atoms with van der Waals surface area (Å²) in [7, 11) is 1.29. The quantitative estimate of drug-likeness (QED) is 0.241. The Morgan fingerprint density at radius 3 is 2.15 bits per heavy atom. The third-order valence-electron chi connectivity index (χ3n) is 18.0. The number of carbonyl (C=O) groups excluding carboxylic acids is 2. The van der Waals surface area contributed by atoms with Gasteiger partial charge in [-0.3, -0.25) is 0 Å². The lowest BCUT2D eigenvalue weighted by Gasteiger charge is -2.68. The molecule has 0 spiro atoms. The summed E-state index contributed by atoms with van der Waals surface area (Å²) in [5, 5.41) is 3.67. The maximum atomic E-state index is 15.3. The van der Waals surface area contributed by atoms with Crippen LogP contribution in [-0.2, 0) is 9.47 Å². The number of ether oxygens (including phenoxy) is 2. The maximum absolute atomic E-state index is 15.3. The summed E-state index contributed by atoms with van der Waals surface area (Å²) in [5.74, 6) is 2.85. The highest BCUT2D eigenvalue weighted by Crippen LogP contribution is 2.73. The van der Waals surface area contributed by atoms with Gasteiger partial charge in [0.2, 0.25) is 0 Å². The fourth-order valence-corrected chi connectivity index (χ4v) is 15.4. The van der Waals surface area contributed by atoms with Crippen LogP contribution in [-0.4, -0.2) is 31.3 Å². The van der Waals surface area contributed by atoms with Crippen LogP contribution < -0.4 is 5.32 Å². The van der Waals surface area contributed by atoms with E-state index in [0.29, 0.717) is 48.0 Å². The molecule has 6 heteroatoms. The molecule has 6 aliphatic carbocycles. The molecule has 10 atom stereocenters. The molecule has 0 bridgehead atoms. The van der Waals surface area contributed by atoms with E-state index >= 15 is 4.39 Å². The molecular weight excluding hydrogens is 746 g/mol. The Kier molecular flexibility index (Phi) is 11.5. The predicted octanol–water partition coefficient (Wildman–Crippen LogP) is 13.7. The van der Waals surface area contributed by atoms with Crippen LogP contribution in [0.15, 0.2) is 72.8 Å². The Hall–Kier alpha value is -3.93. The van der Waals surface area contributed by atoms with Crippen molar-refractivity contribution in [1.82, 2.24) is 5.32 Å². The number of amides is 1. The highest BCUT2D eigenvalue weighted by atomic mass is 19.1. The van der Waals surface area contributed by atoms with Crippen molar-refractivity contribution in [3.63, 3.8) is 0 Å². The Morgan fingerprint density at radius 2 is 1.50 bits per heavy atom. The van der Waals surface area contributed by atoms with Gasteiger partial charge in [0.1, 0.15) is 12.4 Å². The number of esters is 1. The van der Waals surface area contributed by atoms with Crippen LogP contribution in [0.3, 0.4) is 0 Å². The standard InChI is InChI=1S/C52H64FNO4.C2H6/c1-8-31(2)33-21-27-52(54-48(56)58-30-40-36-15-11-9-13-34(36)35-14-10-12-16-37(35)40)28-23-42-38(46(33)52)19-20-45-50(42,5)26-24-44-49(3,4)41(22-25-51(44,45)6)32-17-18-39(43(53)29-32)47(55)57-7;1-2/h9-18,22,29,31,33,38,40,42,44-46H,8,19-21,23-28,30H2,1-7H3,(H,54,56);1-2H3/t31-,33?,38+,42?,44?,45?,46?,50+,51+,52+;/m1./s1. The number of allylic oxidation sites excluding steroid dienone is 2. The summed E-state index contributed by atoms with van der Waals surface area (Å²) in [6, 6.07) is 22.2. The molecule has 0 heterocycles. The zero-order valence-electron chi connectivity index (χ0n) is 37.8. The van der Waals surface area contributed by atoms with Gasteiger partial charge in [0.25, 0.3) is 0 Å². The van der Waals surface area contributed by atoms with Crippen LogP contribution in [0.5, 0.6) is 0 Å². The van der Waals surface area contributed by atoms with E-state index in [4.69, 9.17) is 9.47 Å². The van der Waals surface area contributed by atoms with Crippen LogP contribution >= 0.6 is 0 Å². The third kappa shape index (κ3) is 6.59. The Balaban J connectivity index is 0.00000246. The van der Waals surface area contributed by atoms with Gasteiger partial charge < -0.3 is 14.8 Å². The molecule has 3 aromatic rings. The number of hydrogen-bond donors (Lipinski definition) is 1. The summed E-state index contributed by atoms with van der Waals surface area (Å²) in [6.45, 7) is 19.1. The molecule has 0 aliphatic heterocycles. The van der Waals surface area contributed by atoms with Crippen LogP contribution in [0.2, 0.25) is 0 Å². The van der Waals surface area contributed by atoms with E-state index in [1.54, 1.807) is 12.1 Å². The monoisotopic (exact) mass is 816 g/mol. The highest BCUT2D eigenvalue weighted by Gasteiger charge is 2.67. The van der Waals surface area contributed by atoms with Crippen molar-refractivity contribution in [2.24, 2.45) is 57.7 Å². The SMILES string of the molecule is CC.CC[C@@H](C)C1CC[C@]2(NC(=O)OCC3c4ccccc4-c4ccccc43)CCC3[C@H](CCC4[C@@]3(C)CCC3C(C)(C)C(c5ccc(C(=O)OC)c(F)c5)=CC[C@@]34C)C12. The normalized spacial score (nSPS) is 33.8. The number of rotatable bonds is 7. The summed E-state index contributed by atoms with van der Waals surface area (Å²) < 4.78 is 26.4. The van der Waals surface area contributed by atoms with E-state index in [1.165, 1.54) is 60.6 Å². The molecule has 1 amide bonds. The Labute approximate surface area is 359 Å². The van der Waals surface area contributed by atoms with Crippen LogP contribution in [0, 0.1) is 63.5 Å². The molecule has 60 heavy (non-hydrogen) atoms. The van der Waals surface area contributed by atoms with Crippen molar-refractivity contribution in [1.29, 1.82) is 0 Å². The molecule has 0 aromatic heterocycles. The van der Waals surface area contributed by atoms with Crippen molar-refractivity contribution in [3.05, 3.63) is 101 Å². The van der Waals surface area contributed by atoms with Crippen molar-refractivity contribution < 1.29 is 23.5 Å². The summed E-state index contributed by atoms with van der Waals surface area (Å²) in [6.07, 6.45) is 13.5. The Bertz CT molecular complexity index is 2100. The number of halogens is 1. The average molecular weight is 816 g/mol. The lowest BCUT2D eigenvalue weighted by Crippen LogP contribution is -2.65. The second-order valence-corrected chi connectivity index (χ2v) is 20.5. The van der Waals surface area contributed by atoms with Crippen molar-refractivity contribution in [2.75, 3.05) is 13.7 Å². The predicted molar refractivity (Wildman–Crippen MR) is 240 cm³/mol. The van der Waals surface area contributed by atoms with Crippen LogP contribution in [0.25, 0.3) is 16.7 Å². The van der Waals surface area contributed by atoms with E-state index in [2.05, 4.69) is 101 Å². The van der Waals surface area contributed by atoms with Gasteiger partial charge in [-0.1, -0.05) is 122 Å². The van der Waals surface area contributed by atoms with Crippen molar-refractivity contribution in [3.8, 4) is 11.1 Å². The lowest BCUT2D eigenvalue weighted by atomic mass is 9.36. The number of fused-ring (bicyclic) bond motifs is 10. The fourth-order valence-electron chi connectivity index (χ4n) is 15.4. The molecule has 0 saturated heterocycles. The second-order valence-electron chi connectivity index (χ2n) is 20.5. The number of benzene rings is 3. The number of carbonyl (C=O) groups is 2. The minimum Gasteiger partial charge on any atom is -0.465 e. The van der Waals surface area contributed by atoms with Gasteiger partial charge in [-0.25, -0.2) is 14.0 Å².